The first-order valence-corrected chi connectivity index (χ1v) is 10.3. The van der Waals surface area contributed by atoms with E-state index < -0.39 is 17.7 Å². The summed E-state index contributed by atoms with van der Waals surface area (Å²) in [6.07, 6.45) is 3.31. The second-order valence-electron chi connectivity index (χ2n) is 6.98. The van der Waals surface area contributed by atoms with E-state index in [2.05, 4.69) is 26.1 Å². The van der Waals surface area contributed by atoms with Gasteiger partial charge in [0.15, 0.2) is 0 Å². The Hall–Kier alpha value is -4.30. The van der Waals surface area contributed by atoms with E-state index >= 15 is 0 Å². The zero-order valence-electron chi connectivity index (χ0n) is 17.2. The number of para-hydroxylation sites is 1. The molecule has 0 saturated heterocycles. The number of aromatic nitrogens is 2. The van der Waals surface area contributed by atoms with Crippen LogP contribution in [0.1, 0.15) is 20.7 Å². The molecule has 3 N–H and O–H groups in total. The van der Waals surface area contributed by atoms with Crippen LogP contribution in [0.3, 0.4) is 0 Å². The van der Waals surface area contributed by atoms with Gasteiger partial charge in [0.25, 0.3) is 17.7 Å². The third kappa shape index (κ3) is 5.13. The van der Waals surface area contributed by atoms with Crippen molar-refractivity contribution in [2.45, 2.75) is 0 Å². The van der Waals surface area contributed by atoms with Gasteiger partial charge in [0.05, 0.1) is 33.9 Å². The molecule has 8 nitrogen and oxygen atoms in total. The van der Waals surface area contributed by atoms with Crippen molar-refractivity contribution < 1.29 is 14.4 Å². The maximum absolute atomic E-state index is 12.9. The fourth-order valence-electron chi connectivity index (χ4n) is 3.16. The Labute approximate surface area is 194 Å². The lowest BCUT2D eigenvalue weighted by Gasteiger charge is -2.12. The molecule has 0 unspecified atom stereocenters. The molecule has 2 heterocycles. The molecular weight excluding hydrogens is 442 g/mol. The number of amides is 3. The highest BCUT2D eigenvalue weighted by molar-refractivity contribution is 6.33. The van der Waals surface area contributed by atoms with Crippen molar-refractivity contribution in [3.05, 3.63) is 95.3 Å². The van der Waals surface area contributed by atoms with Gasteiger partial charge in [-0.05, 0) is 36.4 Å². The summed E-state index contributed by atoms with van der Waals surface area (Å²) in [5, 5.41) is 3.36. The fraction of sp³-hybridized carbons (Fsp3) is 0.0417. The topological polar surface area (TPSA) is 113 Å². The number of rotatable bonds is 5. The van der Waals surface area contributed by atoms with Crippen molar-refractivity contribution in [1.29, 1.82) is 0 Å². The van der Waals surface area contributed by atoms with E-state index in [1.165, 1.54) is 0 Å². The number of pyridine rings is 2. The number of hydrogen-bond donors (Lipinski definition) is 3. The van der Waals surface area contributed by atoms with Gasteiger partial charge in [-0.3, -0.25) is 30.2 Å². The SMILES string of the molecule is O=C(CNC(=O)c1ccccc1Cl)NNC(=O)c1cc(-c2cccnc2)nc2ccccc12. The molecule has 0 fully saturated rings. The molecule has 3 amide bonds. The molecule has 0 aliphatic carbocycles. The van der Waals surface area contributed by atoms with Gasteiger partial charge >= 0.3 is 0 Å². The number of benzene rings is 2. The van der Waals surface area contributed by atoms with Crippen molar-refractivity contribution in [1.82, 2.24) is 26.1 Å². The molecule has 164 valence electrons. The summed E-state index contributed by atoms with van der Waals surface area (Å²) in [7, 11) is 0. The lowest BCUT2D eigenvalue weighted by atomic mass is 10.0. The molecule has 0 saturated carbocycles. The highest BCUT2D eigenvalue weighted by atomic mass is 35.5. The summed E-state index contributed by atoms with van der Waals surface area (Å²) >= 11 is 5.98. The molecule has 0 radical (unpaired) electrons. The third-order valence-electron chi connectivity index (χ3n) is 4.76. The Bertz CT molecular complexity index is 1340. The molecule has 0 aliphatic rings. The van der Waals surface area contributed by atoms with E-state index in [4.69, 9.17) is 11.6 Å². The molecule has 9 heteroatoms. The zero-order valence-corrected chi connectivity index (χ0v) is 18.0. The smallest absolute Gasteiger partial charge is 0.270 e. The standard InChI is InChI=1S/C24H18ClN5O3/c25-19-9-3-1-8-17(19)23(32)27-14-22(31)29-30-24(33)18-12-21(15-6-5-11-26-13-15)28-20-10-4-2-7-16(18)20/h1-13H,14H2,(H,27,32)(H,29,31)(H,30,33). The van der Waals surface area contributed by atoms with Crippen molar-refractivity contribution in [2.75, 3.05) is 6.54 Å². The van der Waals surface area contributed by atoms with Gasteiger partial charge in [-0.2, -0.15) is 0 Å². The quantitative estimate of drug-likeness (QED) is 0.397. The predicted octanol–water partition coefficient (Wildman–Crippen LogP) is 3.14. The Kier molecular flexibility index (Phi) is 6.56. The van der Waals surface area contributed by atoms with Crippen LogP contribution in [0.5, 0.6) is 0 Å². The van der Waals surface area contributed by atoms with Crippen LogP contribution >= 0.6 is 11.6 Å². The molecule has 2 aromatic carbocycles. The van der Waals surface area contributed by atoms with Crippen LogP contribution in [0.2, 0.25) is 5.02 Å². The fourth-order valence-corrected chi connectivity index (χ4v) is 3.39. The van der Waals surface area contributed by atoms with E-state index in [9.17, 15) is 14.4 Å². The first-order chi connectivity index (χ1) is 16.0. The van der Waals surface area contributed by atoms with Crippen molar-refractivity contribution >= 4 is 40.2 Å². The number of carbonyl (C=O) groups is 3. The molecule has 0 spiro atoms. The average Bonchev–Trinajstić information content (AvgIpc) is 2.86. The number of fused-ring (bicyclic) bond motifs is 1. The van der Waals surface area contributed by atoms with Crippen molar-refractivity contribution in [3.63, 3.8) is 0 Å². The maximum atomic E-state index is 12.9. The monoisotopic (exact) mass is 459 g/mol. The van der Waals surface area contributed by atoms with Gasteiger partial charge < -0.3 is 5.32 Å². The van der Waals surface area contributed by atoms with Crippen LogP contribution in [0.4, 0.5) is 0 Å². The number of carbonyl (C=O) groups excluding carboxylic acids is 3. The Morgan fingerprint density at radius 2 is 1.64 bits per heavy atom. The summed E-state index contributed by atoms with van der Waals surface area (Å²) in [6.45, 7) is -0.345. The predicted molar refractivity (Wildman–Crippen MR) is 124 cm³/mol. The molecule has 4 rings (SSSR count). The highest BCUT2D eigenvalue weighted by Crippen LogP contribution is 2.24. The number of hydrogen-bond acceptors (Lipinski definition) is 5. The van der Waals surface area contributed by atoms with Crippen LogP contribution < -0.4 is 16.2 Å². The van der Waals surface area contributed by atoms with E-state index in [0.29, 0.717) is 22.2 Å². The van der Waals surface area contributed by atoms with Crippen LogP contribution in [0.25, 0.3) is 22.2 Å². The number of nitrogens with one attached hydrogen (secondary N) is 3. The second kappa shape index (κ2) is 9.88. The van der Waals surface area contributed by atoms with Crippen LogP contribution in [-0.4, -0.2) is 34.2 Å². The highest BCUT2D eigenvalue weighted by Gasteiger charge is 2.16. The normalized spacial score (nSPS) is 10.5. The van der Waals surface area contributed by atoms with Gasteiger partial charge in [-0.1, -0.05) is 41.9 Å². The first kappa shape index (κ1) is 21.9. The minimum absolute atomic E-state index is 0.252. The van der Waals surface area contributed by atoms with Gasteiger partial charge in [-0.25, -0.2) is 4.98 Å². The maximum Gasteiger partial charge on any atom is 0.270 e. The Morgan fingerprint density at radius 1 is 0.848 bits per heavy atom. The summed E-state index contributed by atoms with van der Waals surface area (Å²) in [6, 6.07) is 19.0. The minimum atomic E-state index is -0.602. The third-order valence-corrected chi connectivity index (χ3v) is 5.09. The second-order valence-corrected chi connectivity index (χ2v) is 7.39. The lowest BCUT2D eigenvalue weighted by molar-refractivity contribution is -0.120. The van der Waals surface area contributed by atoms with E-state index in [0.717, 1.165) is 5.56 Å². The summed E-state index contributed by atoms with van der Waals surface area (Å²) < 4.78 is 0. The minimum Gasteiger partial charge on any atom is -0.343 e. The van der Waals surface area contributed by atoms with E-state index in [1.54, 1.807) is 67.0 Å². The average molecular weight is 460 g/mol. The lowest BCUT2D eigenvalue weighted by Crippen LogP contribution is -2.46. The molecule has 0 aliphatic heterocycles. The van der Waals surface area contributed by atoms with Gasteiger partial charge in [0.2, 0.25) is 0 Å². The number of hydrazine groups is 1. The molecule has 0 atom stereocenters. The number of halogens is 1. The van der Waals surface area contributed by atoms with Crippen molar-refractivity contribution in [3.8, 4) is 11.3 Å². The van der Waals surface area contributed by atoms with Gasteiger partial charge in [0, 0.05) is 23.3 Å². The van der Waals surface area contributed by atoms with Crippen LogP contribution in [-0.2, 0) is 4.79 Å². The van der Waals surface area contributed by atoms with Crippen LogP contribution in [0, 0.1) is 0 Å². The van der Waals surface area contributed by atoms with Gasteiger partial charge in [-0.15, -0.1) is 0 Å². The number of nitrogens with zero attached hydrogens (tertiary/aromatic N) is 2. The first-order valence-electron chi connectivity index (χ1n) is 9.95. The summed E-state index contributed by atoms with van der Waals surface area (Å²) in [4.78, 5) is 45.9. The van der Waals surface area contributed by atoms with E-state index in [-0.39, 0.29) is 17.1 Å². The summed E-state index contributed by atoms with van der Waals surface area (Å²) in [5.41, 5.74) is 7.23. The van der Waals surface area contributed by atoms with Gasteiger partial charge in [0.1, 0.15) is 0 Å². The Balaban J connectivity index is 1.45. The molecular formula is C24H18ClN5O3. The zero-order chi connectivity index (χ0) is 23.2. The molecule has 33 heavy (non-hydrogen) atoms. The largest absolute Gasteiger partial charge is 0.343 e. The Morgan fingerprint density at radius 3 is 2.42 bits per heavy atom. The van der Waals surface area contributed by atoms with Crippen molar-refractivity contribution in [2.24, 2.45) is 0 Å². The van der Waals surface area contributed by atoms with Crippen LogP contribution in [0.15, 0.2) is 79.1 Å². The summed E-state index contributed by atoms with van der Waals surface area (Å²) in [5.74, 6) is -1.62. The molecule has 4 aromatic rings. The van der Waals surface area contributed by atoms with E-state index in [1.807, 2.05) is 12.1 Å². The molecule has 2 aromatic heterocycles. The molecule has 0 bridgehead atoms.